The van der Waals surface area contributed by atoms with Gasteiger partial charge in [0.25, 0.3) is 0 Å². The fraction of sp³-hybridized carbons (Fsp3) is 0.571. The molecule has 0 spiro atoms. The summed E-state index contributed by atoms with van der Waals surface area (Å²) in [5.41, 5.74) is 2.45. The highest BCUT2D eigenvalue weighted by atomic mass is 16.5. The van der Waals surface area contributed by atoms with Gasteiger partial charge in [0.2, 0.25) is 0 Å². The summed E-state index contributed by atoms with van der Waals surface area (Å²) < 4.78 is 5.55. The van der Waals surface area contributed by atoms with Crippen LogP contribution in [0.1, 0.15) is 12.0 Å². The second-order valence-corrected chi connectivity index (χ2v) is 4.74. The van der Waals surface area contributed by atoms with Crippen molar-refractivity contribution in [2.24, 2.45) is 0 Å². The van der Waals surface area contributed by atoms with E-state index < -0.39 is 0 Å². The molecule has 0 unspecified atom stereocenters. The Morgan fingerprint density at radius 2 is 2.28 bits per heavy atom. The van der Waals surface area contributed by atoms with Crippen molar-refractivity contribution >= 4 is 5.69 Å². The first-order valence-electron chi connectivity index (χ1n) is 6.58. The van der Waals surface area contributed by atoms with Crippen molar-refractivity contribution in [3.05, 3.63) is 23.8 Å². The average Bonchev–Trinajstić information content (AvgIpc) is 2.39. The van der Waals surface area contributed by atoms with Crippen LogP contribution in [0.25, 0.3) is 0 Å². The molecule has 100 valence electrons. The first-order valence-corrected chi connectivity index (χ1v) is 6.58. The third-order valence-corrected chi connectivity index (χ3v) is 3.21. The molecule has 1 aliphatic heterocycles. The van der Waals surface area contributed by atoms with E-state index in [1.54, 1.807) is 0 Å². The number of nitrogens with one attached hydrogen (secondary N) is 1. The molecule has 0 aromatic heterocycles. The quantitative estimate of drug-likeness (QED) is 0.800. The minimum Gasteiger partial charge on any atom is -0.490 e. The largest absolute Gasteiger partial charge is 0.490 e. The number of fused-ring (bicyclic) bond motifs is 1. The van der Waals surface area contributed by atoms with Crippen molar-refractivity contribution in [1.29, 1.82) is 0 Å². The SMILES string of the molecule is CN(CCO)CCCc1ccc2c(c1)NCCO2. The third kappa shape index (κ3) is 3.62. The lowest BCUT2D eigenvalue weighted by Gasteiger charge is -2.20. The Labute approximate surface area is 109 Å². The van der Waals surface area contributed by atoms with E-state index in [1.807, 2.05) is 13.1 Å². The summed E-state index contributed by atoms with van der Waals surface area (Å²) in [7, 11) is 2.04. The summed E-state index contributed by atoms with van der Waals surface area (Å²) >= 11 is 0. The van der Waals surface area contributed by atoms with Crippen LogP contribution in [0.2, 0.25) is 0 Å². The number of aliphatic hydroxyl groups excluding tert-OH is 1. The molecule has 0 bridgehead atoms. The number of anilines is 1. The monoisotopic (exact) mass is 250 g/mol. The van der Waals surface area contributed by atoms with Gasteiger partial charge < -0.3 is 20.1 Å². The summed E-state index contributed by atoms with van der Waals surface area (Å²) in [6.45, 7) is 3.63. The highest BCUT2D eigenvalue weighted by Gasteiger charge is 2.09. The second kappa shape index (κ2) is 6.61. The number of benzene rings is 1. The number of rotatable bonds is 6. The summed E-state index contributed by atoms with van der Waals surface area (Å²) in [5, 5.41) is 12.2. The van der Waals surface area contributed by atoms with Gasteiger partial charge in [-0.25, -0.2) is 0 Å². The maximum absolute atomic E-state index is 8.82. The minimum absolute atomic E-state index is 0.233. The highest BCUT2D eigenvalue weighted by Crippen LogP contribution is 2.28. The van der Waals surface area contributed by atoms with Crippen molar-refractivity contribution < 1.29 is 9.84 Å². The van der Waals surface area contributed by atoms with Gasteiger partial charge in [0.1, 0.15) is 12.4 Å². The average molecular weight is 250 g/mol. The van der Waals surface area contributed by atoms with Crippen molar-refractivity contribution in [1.82, 2.24) is 4.90 Å². The molecular formula is C14H22N2O2. The molecule has 0 aliphatic carbocycles. The van der Waals surface area contributed by atoms with Gasteiger partial charge in [0.05, 0.1) is 12.3 Å². The maximum Gasteiger partial charge on any atom is 0.142 e. The van der Waals surface area contributed by atoms with Gasteiger partial charge in [-0.3, -0.25) is 0 Å². The standard InChI is InChI=1S/C14H22N2O2/c1-16(8-9-17)7-2-3-12-4-5-14-13(11-12)15-6-10-18-14/h4-5,11,15,17H,2-3,6-10H2,1H3. The zero-order valence-electron chi connectivity index (χ0n) is 11.0. The predicted octanol–water partition coefficient (Wildman–Crippen LogP) is 1.35. The van der Waals surface area contributed by atoms with Crippen LogP contribution in [-0.2, 0) is 6.42 Å². The summed E-state index contributed by atoms with van der Waals surface area (Å²) in [4.78, 5) is 2.15. The van der Waals surface area contributed by atoms with E-state index in [0.717, 1.165) is 50.5 Å². The minimum atomic E-state index is 0.233. The Balaban J connectivity index is 1.82. The van der Waals surface area contributed by atoms with Crippen molar-refractivity contribution in [3.63, 3.8) is 0 Å². The molecule has 0 atom stereocenters. The predicted molar refractivity (Wildman–Crippen MR) is 73.3 cm³/mol. The van der Waals surface area contributed by atoms with Gasteiger partial charge in [0, 0.05) is 13.1 Å². The number of likely N-dealkylation sites (N-methyl/N-ethyl adjacent to an activating group) is 1. The molecule has 0 amide bonds. The van der Waals surface area contributed by atoms with E-state index in [-0.39, 0.29) is 6.61 Å². The van der Waals surface area contributed by atoms with Gasteiger partial charge in [-0.1, -0.05) is 6.07 Å². The van der Waals surface area contributed by atoms with Gasteiger partial charge in [-0.2, -0.15) is 0 Å². The fourth-order valence-electron chi connectivity index (χ4n) is 2.18. The van der Waals surface area contributed by atoms with E-state index in [4.69, 9.17) is 9.84 Å². The van der Waals surface area contributed by atoms with Crippen LogP contribution in [0, 0.1) is 0 Å². The van der Waals surface area contributed by atoms with Crippen molar-refractivity contribution in [2.75, 3.05) is 45.2 Å². The van der Waals surface area contributed by atoms with Crippen LogP contribution in [0.4, 0.5) is 5.69 Å². The van der Waals surface area contributed by atoms with E-state index in [9.17, 15) is 0 Å². The number of ether oxygens (including phenoxy) is 1. The van der Waals surface area contributed by atoms with Gasteiger partial charge in [0.15, 0.2) is 0 Å². The molecule has 0 radical (unpaired) electrons. The molecule has 1 heterocycles. The molecule has 4 nitrogen and oxygen atoms in total. The Kier molecular flexibility index (Phi) is 4.84. The van der Waals surface area contributed by atoms with Crippen LogP contribution in [0.3, 0.4) is 0 Å². The van der Waals surface area contributed by atoms with Gasteiger partial charge >= 0.3 is 0 Å². The molecule has 0 saturated heterocycles. The second-order valence-electron chi connectivity index (χ2n) is 4.74. The van der Waals surface area contributed by atoms with Crippen LogP contribution in [0.5, 0.6) is 5.75 Å². The molecule has 18 heavy (non-hydrogen) atoms. The molecule has 2 rings (SSSR count). The summed E-state index contributed by atoms with van der Waals surface area (Å²) in [6.07, 6.45) is 2.17. The fourth-order valence-corrected chi connectivity index (χ4v) is 2.18. The Morgan fingerprint density at radius 1 is 1.39 bits per heavy atom. The van der Waals surface area contributed by atoms with Crippen molar-refractivity contribution in [3.8, 4) is 5.75 Å². The molecular weight excluding hydrogens is 228 g/mol. The first-order chi connectivity index (χ1) is 8.79. The lowest BCUT2D eigenvalue weighted by molar-refractivity contribution is 0.220. The van der Waals surface area contributed by atoms with Gasteiger partial charge in [-0.15, -0.1) is 0 Å². The third-order valence-electron chi connectivity index (χ3n) is 3.21. The lowest BCUT2D eigenvalue weighted by Crippen LogP contribution is -2.23. The van der Waals surface area contributed by atoms with E-state index in [1.165, 1.54) is 5.56 Å². The molecule has 1 aliphatic rings. The van der Waals surface area contributed by atoms with Crippen LogP contribution in [0.15, 0.2) is 18.2 Å². The number of nitrogens with zero attached hydrogens (tertiary/aromatic N) is 1. The number of aryl methyl sites for hydroxylation is 1. The maximum atomic E-state index is 8.82. The topological polar surface area (TPSA) is 44.7 Å². The summed E-state index contributed by atoms with van der Waals surface area (Å²) in [6, 6.07) is 6.37. The Hall–Kier alpha value is -1.26. The Bertz CT molecular complexity index is 382. The number of aliphatic hydroxyl groups is 1. The zero-order chi connectivity index (χ0) is 12.8. The highest BCUT2D eigenvalue weighted by molar-refractivity contribution is 5.59. The molecule has 0 saturated carbocycles. The molecule has 0 fully saturated rings. The molecule has 1 aromatic rings. The van der Waals surface area contributed by atoms with Crippen molar-refractivity contribution in [2.45, 2.75) is 12.8 Å². The number of hydrogen-bond donors (Lipinski definition) is 2. The van der Waals surface area contributed by atoms with Crippen LogP contribution >= 0.6 is 0 Å². The molecule has 4 heteroatoms. The summed E-state index contributed by atoms with van der Waals surface area (Å²) in [5.74, 6) is 0.961. The van der Waals surface area contributed by atoms with Crippen LogP contribution in [-0.4, -0.2) is 49.9 Å². The smallest absolute Gasteiger partial charge is 0.142 e. The normalized spacial score (nSPS) is 13.9. The van der Waals surface area contributed by atoms with E-state index >= 15 is 0 Å². The molecule has 2 N–H and O–H groups in total. The van der Waals surface area contributed by atoms with Gasteiger partial charge in [-0.05, 0) is 44.1 Å². The zero-order valence-corrected chi connectivity index (χ0v) is 11.0. The van der Waals surface area contributed by atoms with Crippen LogP contribution < -0.4 is 10.1 Å². The van der Waals surface area contributed by atoms with E-state index in [0.29, 0.717) is 0 Å². The number of hydrogen-bond acceptors (Lipinski definition) is 4. The first kappa shape index (κ1) is 13.2. The van der Waals surface area contributed by atoms with E-state index in [2.05, 4.69) is 22.3 Å². The lowest BCUT2D eigenvalue weighted by atomic mass is 10.1. The molecule has 1 aromatic carbocycles. The Morgan fingerprint density at radius 3 is 3.11 bits per heavy atom.